The fourth-order valence-electron chi connectivity index (χ4n) is 2.85. The Kier molecular flexibility index (Phi) is 4.49. The Morgan fingerprint density at radius 1 is 1.26 bits per heavy atom. The molecule has 2 saturated heterocycles. The van der Waals surface area contributed by atoms with Crippen molar-refractivity contribution < 1.29 is 23.7 Å². The number of nitrogens with zero attached hydrogens (tertiary/aromatic N) is 3. The number of hydrogen-bond acceptors (Lipinski definition) is 6. The molecule has 0 aliphatic carbocycles. The lowest BCUT2D eigenvalue weighted by atomic mass is 9.97. The SMILES string of the molecule is CC(=O)OC1C(N=[N+]=[N-])C(C)OC2OC(c3ccccc3)OC21. The monoisotopic (exact) mass is 319 g/mol. The Labute approximate surface area is 132 Å². The van der Waals surface area contributed by atoms with Crippen molar-refractivity contribution in [3.63, 3.8) is 0 Å². The van der Waals surface area contributed by atoms with Crippen LogP contribution in [0.5, 0.6) is 0 Å². The van der Waals surface area contributed by atoms with Crippen molar-refractivity contribution in [2.75, 3.05) is 0 Å². The quantitative estimate of drug-likeness (QED) is 0.368. The summed E-state index contributed by atoms with van der Waals surface area (Å²) in [6.07, 6.45) is -3.19. The number of ether oxygens (including phenoxy) is 4. The highest BCUT2D eigenvalue weighted by Gasteiger charge is 2.52. The normalized spacial score (nSPS) is 35.9. The number of hydrogen-bond donors (Lipinski definition) is 0. The largest absolute Gasteiger partial charge is 0.459 e. The average molecular weight is 319 g/mol. The van der Waals surface area contributed by atoms with Crippen molar-refractivity contribution in [3.8, 4) is 0 Å². The van der Waals surface area contributed by atoms with Crippen LogP contribution >= 0.6 is 0 Å². The number of fused-ring (bicyclic) bond motifs is 1. The van der Waals surface area contributed by atoms with Gasteiger partial charge in [-0.3, -0.25) is 4.79 Å². The maximum absolute atomic E-state index is 11.4. The number of carbonyl (C=O) groups excluding carboxylic acids is 1. The Morgan fingerprint density at radius 3 is 2.65 bits per heavy atom. The van der Waals surface area contributed by atoms with Crippen LogP contribution in [0.3, 0.4) is 0 Å². The molecule has 3 rings (SSSR count). The fraction of sp³-hybridized carbons (Fsp3) is 0.533. The smallest absolute Gasteiger partial charge is 0.303 e. The highest BCUT2D eigenvalue weighted by Crippen LogP contribution is 2.39. The molecule has 0 radical (unpaired) electrons. The van der Waals surface area contributed by atoms with E-state index in [0.29, 0.717) is 0 Å². The summed E-state index contributed by atoms with van der Waals surface area (Å²) >= 11 is 0. The predicted octanol–water partition coefficient (Wildman–Crippen LogP) is 2.46. The number of rotatable bonds is 3. The van der Waals surface area contributed by atoms with Crippen LogP contribution in [0, 0.1) is 0 Å². The van der Waals surface area contributed by atoms with E-state index in [4.69, 9.17) is 24.5 Å². The Morgan fingerprint density at radius 2 is 2.00 bits per heavy atom. The lowest BCUT2D eigenvalue weighted by molar-refractivity contribution is -0.217. The minimum Gasteiger partial charge on any atom is -0.459 e. The van der Waals surface area contributed by atoms with Gasteiger partial charge in [-0.25, -0.2) is 0 Å². The second kappa shape index (κ2) is 6.55. The molecule has 8 nitrogen and oxygen atoms in total. The number of azide groups is 1. The summed E-state index contributed by atoms with van der Waals surface area (Å²) in [7, 11) is 0. The van der Waals surface area contributed by atoms with Crippen LogP contribution in [0.1, 0.15) is 25.7 Å². The van der Waals surface area contributed by atoms with Gasteiger partial charge < -0.3 is 18.9 Å². The molecule has 0 amide bonds. The minimum atomic E-state index is -0.758. The standard InChI is InChI=1S/C15H17N3O5/c1-8-11(17-18-16)12(21-9(2)19)13-15(20-8)23-14(22-13)10-6-4-3-5-7-10/h3-8,11-15H,1-2H3. The second-order valence-electron chi connectivity index (χ2n) is 5.46. The molecule has 1 aromatic rings. The molecule has 2 fully saturated rings. The van der Waals surface area contributed by atoms with Crippen LogP contribution in [0.2, 0.25) is 0 Å². The maximum Gasteiger partial charge on any atom is 0.303 e. The number of carbonyl (C=O) groups is 1. The van der Waals surface area contributed by atoms with E-state index in [2.05, 4.69) is 10.0 Å². The molecule has 0 aromatic heterocycles. The van der Waals surface area contributed by atoms with Crippen molar-refractivity contribution in [1.82, 2.24) is 0 Å². The van der Waals surface area contributed by atoms with E-state index >= 15 is 0 Å². The van der Waals surface area contributed by atoms with Gasteiger partial charge in [0.2, 0.25) is 0 Å². The molecule has 0 saturated carbocycles. The third-order valence-corrected chi connectivity index (χ3v) is 3.86. The van der Waals surface area contributed by atoms with Crippen LogP contribution in [-0.4, -0.2) is 36.6 Å². The van der Waals surface area contributed by atoms with E-state index in [9.17, 15) is 4.79 Å². The summed E-state index contributed by atoms with van der Waals surface area (Å²) in [5, 5.41) is 3.70. The van der Waals surface area contributed by atoms with E-state index in [1.54, 1.807) is 6.92 Å². The summed E-state index contributed by atoms with van der Waals surface area (Å²) in [6, 6.07) is 8.71. The van der Waals surface area contributed by atoms with Crippen molar-refractivity contribution >= 4 is 5.97 Å². The summed E-state index contributed by atoms with van der Waals surface area (Å²) in [5.74, 6) is -0.479. The molecule has 23 heavy (non-hydrogen) atoms. The van der Waals surface area contributed by atoms with Gasteiger partial charge in [0.1, 0.15) is 18.2 Å². The van der Waals surface area contributed by atoms with Crippen LogP contribution in [0.4, 0.5) is 0 Å². The van der Waals surface area contributed by atoms with Crippen molar-refractivity contribution in [2.45, 2.75) is 50.8 Å². The van der Waals surface area contributed by atoms with E-state index < -0.39 is 42.9 Å². The molecule has 2 aliphatic rings. The zero-order valence-electron chi connectivity index (χ0n) is 12.7. The van der Waals surface area contributed by atoms with Gasteiger partial charge in [0, 0.05) is 17.4 Å². The molecular weight excluding hydrogens is 302 g/mol. The van der Waals surface area contributed by atoms with Crippen LogP contribution < -0.4 is 0 Å². The first-order chi connectivity index (χ1) is 11.1. The Hall–Kier alpha value is -2.12. The molecular formula is C15H17N3O5. The number of benzene rings is 1. The molecule has 8 heteroatoms. The Bertz CT molecular complexity index is 619. The van der Waals surface area contributed by atoms with Crippen LogP contribution in [0.25, 0.3) is 10.4 Å². The second-order valence-corrected chi connectivity index (χ2v) is 5.46. The topological polar surface area (TPSA) is 103 Å². The van der Waals surface area contributed by atoms with Crippen LogP contribution in [-0.2, 0) is 23.7 Å². The molecule has 0 N–H and O–H groups in total. The van der Waals surface area contributed by atoms with E-state index in [-0.39, 0.29) is 0 Å². The minimum absolute atomic E-state index is 0.463. The van der Waals surface area contributed by atoms with Gasteiger partial charge in [-0.1, -0.05) is 35.4 Å². The molecule has 2 aliphatic heterocycles. The first kappa shape index (κ1) is 15.8. The third kappa shape index (κ3) is 3.16. The van der Waals surface area contributed by atoms with Gasteiger partial charge in [-0.2, -0.15) is 0 Å². The molecule has 0 bridgehead atoms. The lowest BCUT2D eigenvalue weighted by Gasteiger charge is -2.38. The van der Waals surface area contributed by atoms with E-state index in [1.807, 2.05) is 30.3 Å². The lowest BCUT2D eigenvalue weighted by Crippen LogP contribution is -2.56. The van der Waals surface area contributed by atoms with E-state index in [1.165, 1.54) is 6.92 Å². The van der Waals surface area contributed by atoms with Gasteiger partial charge in [0.15, 0.2) is 12.6 Å². The zero-order valence-corrected chi connectivity index (χ0v) is 12.7. The highest BCUT2D eigenvalue weighted by atomic mass is 16.8. The van der Waals surface area contributed by atoms with Gasteiger partial charge in [0.25, 0.3) is 0 Å². The van der Waals surface area contributed by atoms with E-state index in [0.717, 1.165) is 5.56 Å². The molecule has 6 unspecified atom stereocenters. The fourth-order valence-corrected chi connectivity index (χ4v) is 2.85. The predicted molar refractivity (Wildman–Crippen MR) is 78.0 cm³/mol. The first-order valence-corrected chi connectivity index (χ1v) is 7.33. The number of esters is 1. The molecule has 1 aromatic carbocycles. The summed E-state index contributed by atoms with van der Waals surface area (Å²) in [4.78, 5) is 14.2. The zero-order chi connectivity index (χ0) is 16.4. The van der Waals surface area contributed by atoms with Gasteiger partial charge in [-0.05, 0) is 12.5 Å². The van der Waals surface area contributed by atoms with Crippen LogP contribution in [0.15, 0.2) is 35.4 Å². The third-order valence-electron chi connectivity index (χ3n) is 3.86. The summed E-state index contributed by atoms with van der Waals surface area (Å²) in [6.45, 7) is 3.04. The first-order valence-electron chi connectivity index (χ1n) is 7.33. The van der Waals surface area contributed by atoms with Crippen molar-refractivity contribution in [2.24, 2.45) is 5.11 Å². The molecule has 6 atom stereocenters. The van der Waals surface area contributed by atoms with Crippen molar-refractivity contribution in [3.05, 3.63) is 46.3 Å². The van der Waals surface area contributed by atoms with Gasteiger partial charge in [0.05, 0.1) is 6.10 Å². The molecule has 2 heterocycles. The van der Waals surface area contributed by atoms with Gasteiger partial charge in [-0.15, -0.1) is 0 Å². The molecule has 122 valence electrons. The highest BCUT2D eigenvalue weighted by molar-refractivity contribution is 5.66. The van der Waals surface area contributed by atoms with Crippen molar-refractivity contribution in [1.29, 1.82) is 0 Å². The van der Waals surface area contributed by atoms with Gasteiger partial charge >= 0.3 is 5.97 Å². The Balaban J connectivity index is 1.85. The summed E-state index contributed by atoms with van der Waals surface area (Å²) < 4.78 is 22.7. The molecule has 0 spiro atoms. The average Bonchev–Trinajstić information content (AvgIpc) is 2.95. The maximum atomic E-state index is 11.4. The summed E-state index contributed by atoms with van der Waals surface area (Å²) in [5.41, 5.74) is 9.58.